The zero-order valence-electron chi connectivity index (χ0n) is 28.9. The second-order valence-corrected chi connectivity index (χ2v) is 14.2. The highest BCUT2D eigenvalue weighted by Crippen LogP contribution is 2.47. The van der Waals surface area contributed by atoms with E-state index in [2.05, 4.69) is 82.3 Å². The predicted octanol–water partition coefficient (Wildman–Crippen LogP) is 12.2. The van der Waals surface area contributed by atoms with E-state index in [0.29, 0.717) is 5.56 Å². The first-order valence-corrected chi connectivity index (χ1v) is 17.0. The van der Waals surface area contributed by atoms with Gasteiger partial charge in [0, 0.05) is 0 Å². The van der Waals surface area contributed by atoms with E-state index in [1.54, 1.807) is 0 Å². The summed E-state index contributed by atoms with van der Waals surface area (Å²) in [6, 6.07) is 40.7. The number of hydrogen-bond donors (Lipinski definition) is 0. The number of alkyl halides is 6. The molecule has 0 amide bonds. The highest BCUT2D eigenvalue weighted by Gasteiger charge is 2.57. The van der Waals surface area contributed by atoms with Crippen LogP contribution >= 0.6 is 0 Å². The summed E-state index contributed by atoms with van der Waals surface area (Å²) in [5, 5.41) is 8.47. The molecule has 9 heteroatoms. The summed E-state index contributed by atoms with van der Waals surface area (Å²) in [6.07, 6.45) is -10.8. The fourth-order valence-corrected chi connectivity index (χ4v) is 6.99. The minimum Gasteiger partial charge on any atom is -0.399 e. The number of rotatable bonds is 3. The van der Waals surface area contributed by atoms with Crippen LogP contribution in [0, 0.1) is 0 Å². The van der Waals surface area contributed by atoms with E-state index in [0.717, 1.165) is 44.7 Å². The molecule has 1 aliphatic heterocycles. The van der Waals surface area contributed by atoms with Crippen LogP contribution in [-0.4, -0.2) is 30.7 Å². The van der Waals surface area contributed by atoms with Crippen molar-refractivity contribution < 1.29 is 35.7 Å². The third kappa shape index (κ3) is 6.52. The molecule has 0 atom stereocenters. The lowest BCUT2D eigenvalue weighted by Gasteiger charge is -2.32. The number of fused-ring (bicyclic) bond motifs is 4. The lowest BCUT2D eigenvalue weighted by molar-refractivity contribution is -0.253. The second-order valence-electron chi connectivity index (χ2n) is 14.2. The molecular weight excluding hydrogens is 673 g/mol. The smallest absolute Gasteiger partial charge is 0.399 e. The van der Waals surface area contributed by atoms with Gasteiger partial charge in [-0.3, -0.25) is 0 Å². The van der Waals surface area contributed by atoms with Crippen molar-refractivity contribution in [1.82, 2.24) is 0 Å². The van der Waals surface area contributed by atoms with Crippen molar-refractivity contribution in [2.45, 2.75) is 57.2 Å². The molecule has 264 valence electrons. The Morgan fingerprint density at radius 1 is 0.481 bits per heavy atom. The third-order valence-corrected chi connectivity index (χ3v) is 10.3. The van der Waals surface area contributed by atoms with Crippen LogP contribution in [0.3, 0.4) is 0 Å². The van der Waals surface area contributed by atoms with Crippen molar-refractivity contribution >= 4 is 55.7 Å². The van der Waals surface area contributed by atoms with Crippen LogP contribution in [0.5, 0.6) is 0 Å². The molecule has 1 fully saturated rings. The van der Waals surface area contributed by atoms with E-state index >= 15 is 0 Å². The Hall–Kier alpha value is -4.86. The summed E-state index contributed by atoms with van der Waals surface area (Å²) in [5.74, 6) is -3.51. The summed E-state index contributed by atoms with van der Waals surface area (Å²) < 4.78 is 90.8. The molecule has 1 heterocycles. The van der Waals surface area contributed by atoms with Gasteiger partial charge in [-0.2, -0.15) is 26.3 Å². The van der Waals surface area contributed by atoms with Crippen LogP contribution in [0.4, 0.5) is 26.3 Å². The van der Waals surface area contributed by atoms with Gasteiger partial charge in [0.25, 0.3) is 0 Å². The van der Waals surface area contributed by atoms with Crippen molar-refractivity contribution in [2.75, 3.05) is 0 Å². The summed E-state index contributed by atoms with van der Waals surface area (Å²) in [4.78, 5) is 0. The third-order valence-electron chi connectivity index (χ3n) is 10.3. The van der Waals surface area contributed by atoms with E-state index in [4.69, 9.17) is 9.31 Å². The van der Waals surface area contributed by atoms with Gasteiger partial charge >= 0.3 is 19.5 Å². The fourth-order valence-electron chi connectivity index (χ4n) is 6.99. The minimum atomic E-state index is -5.41. The summed E-state index contributed by atoms with van der Waals surface area (Å²) in [5.41, 5.74) is 0.979. The van der Waals surface area contributed by atoms with Gasteiger partial charge < -0.3 is 9.31 Å². The maximum atomic E-state index is 13.0. The van der Waals surface area contributed by atoms with Crippen molar-refractivity contribution in [1.29, 1.82) is 0 Å². The zero-order valence-corrected chi connectivity index (χ0v) is 28.9. The van der Waals surface area contributed by atoms with E-state index in [1.165, 1.54) is 33.7 Å². The molecule has 0 bridgehead atoms. The molecule has 0 unspecified atom stereocenters. The van der Waals surface area contributed by atoms with Gasteiger partial charge in [-0.25, -0.2) is 0 Å². The molecule has 0 N–H and O–H groups in total. The first-order valence-electron chi connectivity index (χ1n) is 17.0. The Labute approximate surface area is 298 Å². The second kappa shape index (κ2) is 13.0. The Morgan fingerprint density at radius 3 is 1.21 bits per heavy atom. The molecule has 0 aliphatic carbocycles. The molecule has 2 nitrogen and oxygen atoms in total. The lowest BCUT2D eigenvalue weighted by Crippen LogP contribution is -2.41. The maximum Gasteiger partial charge on any atom is 0.496 e. The zero-order chi connectivity index (χ0) is 37.1. The molecule has 52 heavy (non-hydrogen) atoms. The predicted molar refractivity (Wildman–Crippen MR) is 199 cm³/mol. The van der Waals surface area contributed by atoms with E-state index in [9.17, 15) is 26.3 Å². The molecule has 7 aromatic rings. The Morgan fingerprint density at radius 2 is 0.827 bits per heavy atom. The summed E-state index contributed by atoms with van der Waals surface area (Å²) in [7, 11) is -0.351. The van der Waals surface area contributed by atoms with E-state index in [1.807, 2.05) is 54.6 Å². The molecule has 8 rings (SSSR count). The lowest BCUT2D eigenvalue weighted by atomic mass is 9.73. The van der Waals surface area contributed by atoms with Crippen LogP contribution < -0.4 is 5.46 Å². The van der Waals surface area contributed by atoms with Gasteiger partial charge in [0.05, 0.1) is 11.2 Å². The molecule has 1 aliphatic rings. The summed E-state index contributed by atoms with van der Waals surface area (Å²) in [6.45, 7) is 8.39. The van der Waals surface area contributed by atoms with Crippen molar-refractivity contribution in [3.8, 4) is 11.1 Å². The maximum absolute atomic E-state index is 13.0. The first-order chi connectivity index (χ1) is 24.5. The standard InChI is InChI=1S/C23H14F6.C20H21BO2/c24-22(25,26)21(23(27,28)29)15-11-9-14(10-12-15)20-18-7-3-1-5-16(18)13-17-6-2-4-8-19(17)20;1-19(2)20(3,4)23-21(22-19)18-16-11-7-5-9-14(16)13-15-10-6-8-12-17(15)18/h1-13,21H;5-13H,1-4H3. The highest BCUT2D eigenvalue weighted by molar-refractivity contribution is 6.68. The molecule has 0 aromatic heterocycles. The van der Waals surface area contributed by atoms with E-state index in [-0.39, 0.29) is 18.3 Å². The van der Waals surface area contributed by atoms with Crippen molar-refractivity contribution in [2.24, 2.45) is 0 Å². The molecular formula is C43H35BF6O2. The van der Waals surface area contributed by atoms with Crippen LogP contribution in [0.15, 0.2) is 133 Å². The van der Waals surface area contributed by atoms with Crippen molar-refractivity contribution in [3.05, 3.63) is 139 Å². The highest BCUT2D eigenvalue weighted by atomic mass is 19.4. The Kier molecular flexibility index (Phi) is 8.87. The Balaban J connectivity index is 0.000000166. The van der Waals surface area contributed by atoms with E-state index < -0.39 is 23.8 Å². The quantitative estimate of drug-likeness (QED) is 0.103. The van der Waals surface area contributed by atoms with Crippen LogP contribution in [-0.2, 0) is 9.31 Å². The van der Waals surface area contributed by atoms with Gasteiger partial charge in [-0.1, -0.05) is 121 Å². The molecule has 0 saturated carbocycles. The Bertz CT molecular complexity index is 2280. The average Bonchev–Trinajstić information content (AvgIpc) is 3.31. The van der Waals surface area contributed by atoms with Crippen molar-refractivity contribution in [3.63, 3.8) is 0 Å². The van der Waals surface area contributed by atoms with Gasteiger partial charge in [0.2, 0.25) is 0 Å². The fraction of sp³-hybridized carbons (Fsp3) is 0.209. The number of benzene rings is 7. The monoisotopic (exact) mass is 708 g/mol. The SMILES string of the molecule is CC1(C)OB(c2c3ccccc3cc3ccccc23)OC1(C)C.FC(F)(F)C(c1ccc(-c2c3ccccc3cc3ccccc23)cc1)C(F)(F)F. The number of hydrogen-bond acceptors (Lipinski definition) is 2. The minimum absolute atomic E-state index is 0.338. The van der Waals surface area contributed by atoms with Crippen LogP contribution in [0.25, 0.3) is 54.2 Å². The molecule has 1 saturated heterocycles. The molecule has 7 aromatic carbocycles. The van der Waals surface area contributed by atoms with Gasteiger partial charge in [-0.05, 0) is 105 Å². The van der Waals surface area contributed by atoms with Gasteiger partial charge in [0.15, 0.2) is 5.92 Å². The normalized spacial score (nSPS) is 15.8. The number of halogens is 6. The summed E-state index contributed by atoms with van der Waals surface area (Å²) >= 11 is 0. The molecule has 0 spiro atoms. The van der Waals surface area contributed by atoms with Gasteiger partial charge in [0.1, 0.15) is 0 Å². The van der Waals surface area contributed by atoms with Crippen LogP contribution in [0.2, 0.25) is 0 Å². The van der Waals surface area contributed by atoms with Gasteiger partial charge in [-0.15, -0.1) is 0 Å². The molecule has 0 radical (unpaired) electrons. The first kappa shape index (κ1) is 35.5. The largest absolute Gasteiger partial charge is 0.496 e. The topological polar surface area (TPSA) is 18.5 Å². The van der Waals surface area contributed by atoms with Crippen LogP contribution in [0.1, 0.15) is 39.2 Å². The average molecular weight is 709 g/mol.